The SMILES string of the molecule is O=S(=O)(CCc1ccccc1)N1CCN(CCOc2ccccc2)CC1. The molecule has 140 valence electrons. The third kappa shape index (κ3) is 5.56. The second kappa shape index (κ2) is 9.16. The Morgan fingerprint density at radius 2 is 1.46 bits per heavy atom. The molecule has 1 aliphatic rings. The number of nitrogens with zero attached hydrogens (tertiary/aromatic N) is 2. The van der Waals surface area contributed by atoms with Crippen LogP contribution in [0, 0.1) is 0 Å². The molecule has 0 unspecified atom stereocenters. The molecule has 1 heterocycles. The highest BCUT2D eigenvalue weighted by Crippen LogP contribution is 2.12. The van der Waals surface area contributed by atoms with Crippen molar-refractivity contribution in [3.05, 3.63) is 66.2 Å². The summed E-state index contributed by atoms with van der Waals surface area (Å²) in [7, 11) is -3.19. The third-order valence-electron chi connectivity index (χ3n) is 4.64. The molecule has 1 saturated heterocycles. The number of hydrogen-bond donors (Lipinski definition) is 0. The molecule has 5 nitrogen and oxygen atoms in total. The molecule has 0 radical (unpaired) electrons. The van der Waals surface area contributed by atoms with Crippen molar-refractivity contribution in [1.29, 1.82) is 0 Å². The predicted molar refractivity (Wildman–Crippen MR) is 104 cm³/mol. The summed E-state index contributed by atoms with van der Waals surface area (Å²) in [6.07, 6.45) is 0.564. The predicted octanol–water partition coefficient (Wildman–Crippen LogP) is 2.26. The Morgan fingerprint density at radius 1 is 0.846 bits per heavy atom. The van der Waals surface area contributed by atoms with E-state index in [2.05, 4.69) is 4.90 Å². The zero-order chi connectivity index (χ0) is 18.2. The normalized spacial score (nSPS) is 16.5. The van der Waals surface area contributed by atoms with E-state index in [1.807, 2.05) is 60.7 Å². The molecule has 0 amide bonds. The molecule has 2 aromatic rings. The minimum absolute atomic E-state index is 0.175. The first-order chi connectivity index (χ1) is 12.6. The van der Waals surface area contributed by atoms with E-state index in [0.29, 0.717) is 26.1 Å². The summed E-state index contributed by atoms with van der Waals surface area (Å²) < 4.78 is 32.4. The highest BCUT2D eigenvalue weighted by Gasteiger charge is 2.26. The Morgan fingerprint density at radius 3 is 2.12 bits per heavy atom. The lowest BCUT2D eigenvalue weighted by Crippen LogP contribution is -2.50. The maximum absolute atomic E-state index is 12.5. The molecule has 0 saturated carbocycles. The van der Waals surface area contributed by atoms with Gasteiger partial charge in [-0.2, -0.15) is 4.31 Å². The number of hydrogen-bond acceptors (Lipinski definition) is 4. The summed E-state index contributed by atoms with van der Waals surface area (Å²) in [6, 6.07) is 19.5. The van der Waals surface area contributed by atoms with Crippen molar-refractivity contribution in [1.82, 2.24) is 9.21 Å². The quantitative estimate of drug-likeness (QED) is 0.711. The van der Waals surface area contributed by atoms with Crippen LogP contribution in [0.1, 0.15) is 5.56 Å². The van der Waals surface area contributed by atoms with Crippen LogP contribution in [0.3, 0.4) is 0 Å². The number of benzene rings is 2. The molecular weight excluding hydrogens is 348 g/mol. The molecule has 0 atom stereocenters. The second-order valence-electron chi connectivity index (χ2n) is 6.45. The van der Waals surface area contributed by atoms with Gasteiger partial charge in [-0.25, -0.2) is 8.42 Å². The molecule has 3 rings (SSSR count). The van der Waals surface area contributed by atoms with Gasteiger partial charge in [0.1, 0.15) is 12.4 Å². The Balaban J connectivity index is 1.39. The minimum atomic E-state index is -3.19. The van der Waals surface area contributed by atoms with E-state index >= 15 is 0 Å². The van der Waals surface area contributed by atoms with Crippen LogP contribution in [0.15, 0.2) is 60.7 Å². The van der Waals surface area contributed by atoms with Crippen LogP contribution in [0.5, 0.6) is 5.75 Å². The Hall–Kier alpha value is -1.89. The van der Waals surface area contributed by atoms with Crippen molar-refractivity contribution in [2.45, 2.75) is 6.42 Å². The monoisotopic (exact) mass is 374 g/mol. The molecule has 26 heavy (non-hydrogen) atoms. The van der Waals surface area contributed by atoms with Gasteiger partial charge in [0.25, 0.3) is 0 Å². The molecular formula is C20H26N2O3S. The summed E-state index contributed by atoms with van der Waals surface area (Å²) >= 11 is 0. The molecule has 0 spiro atoms. The lowest BCUT2D eigenvalue weighted by atomic mass is 10.2. The topological polar surface area (TPSA) is 49.9 Å². The number of sulfonamides is 1. The highest BCUT2D eigenvalue weighted by atomic mass is 32.2. The number of ether oxygens (including phenoxy) is 1. The van der Waals surface area contributed by atoms with Crippen molar-refractivity contribution in [3.8, 4) is 5.75 Å². The van der Waals surface area contributed by atoms with Crippen molar-refractivity contribution in [3.63, 3.8) is 0 Å². The smallest absolute Gasteiger partial charge is 0.214 e. The molecule has 0 bridgehead atoms. The van der Waals surface area contributed by atoms with Crippen LogP contribution in [-0.2, 0) is 16.4 Å². The van der Waals surface area contributed by atoms with Gasteiger partial charge >= 0.3 is 0 Å². The maximum Gasteiger partial charge on any atom is 0.214 e. The fraction of sp³-hybridized carbons (Fsp3) is 0.400. The summed E-state index contributed by atoms with van der Waals surface area (Å²) in [5.74, 6) is 1.04. The van der Waals surface area contributed by atoms with Gasteiger partial charge in [0.15, 0.2) is 0 Å². The van der Waals surface area contributed by atoms with Crippen LogP contribution < -0.4 is 4.74 Å². The lowest BCUT2D eigenvalue weighted by Gasteiger charge is -2.33. The first-order valence-corrected chi connectivity index (χ1v) is 10.7. The Bertz CT molecular complexity index is 758. The standard InChI is InChI=1S/C20H26N2O3S/c23-26(24,18-11-19-7-3-1-4-8-19)22-14-12-21(13-15-22)16-17-25-20-9-5-2-6-10-20/h1-10H,11-18H2. The molecule has 2 aromatic carbocycles. The summed E-state index contributed by atoms with van der Waals surface area (Å²) in [6.45, 7) is 4.05. The first-order valence-electron chi connectivity index (χ1n) is 9.05. The fourth-order valence-corrected chi connectivity index (χ4v) is 4.53. The van der Waals surface area contributed by atoms with E-state index in [-0.39, 0.29) is 5.75 Å². The Labute approximate surface area is 156 Å². The summed E-state index contributed by atoms with van der Waals surface area (Å²) in [5, 5.41) is 0. The van der Waals surface area contributed by atoms with Crippen molar-refractivity contribution in [2.24, 2.45) is 0 Å². The van der Waals surface area contributed by atoms with E-state index in [1.54, 1.807) is 4.31 Å². The van der Waals surface area contributed by atoms with E-state index in [0.717, 1.165) is 30.9 Å². The molecule has 1 aliphatic heterocycles. The largest absolute Gasteiger partial charge is 0.492 e. The molecule has 0 N–H and O–H groups in total. The number of aryl methyl sites for hydroxylation is 1. The van der Waals surface area contributed by atoms with Crippen molar-refractivity contribution >= 4 is 10.0 Å². The van der Waals surface area contributed by atoms with Gasteiger partial charge < -0.3 is 4.74 Å². The van der Waals surface area contributed by atoms with Gasteiger partial charge in [0.05, 0.1) is 5.75 Å². The summed E-state index contributed by atoms with van der Waals surface area (Å²) in [5.41, 5.74) is 1.06. The average molecular weight is 375 g/mol. The number of piperazine rings is 1. The lowest BCUT2D eigenvalue weighted by molar-refractivity contribution is 0.159. The number of rotatable bonds is 8. The minimum Gasteiger partial charge on any atom is -0.492 e. The van der Waals surface area contributed by atoms with Gasteiger partial charge in [0.2, 0.25) is 10.0 Å². The van der Waals surface area contributed by atoms with Crippen LogP contribution in [0.2, 0.25) is 0 Å². The van der Waals surface area contributed by atoms with Crippen molar-refractivity contribution in [2.75, 3.05) is 45.1 Å². The highest BCUT2D eigenvalue weighted by molar-refractivity contribution is 7.89. The van der Waals surface area contributed by atoms with E-state index in [9.17, 15) is 8.42 Å². The Kier molecular flexibility index (Phi) is 6.66. The van der Waals surface area contributed by atoms with Gasteiger partial charge in [-0.1, -0.05) is 48.5 Å². The van der Waals surface area contributed by atoms with Gasteiger partial charge in [-0.3, -0.25) is 4.90 Å². The number of para-hydroxylation sites is 1. The van der Waals surface area contributed by atoms with Crippen molar-refractivity contribution < 1.29 is 13.2 Å². The van der Waals surface area contributed by atoms with Gasteiger partial charge in [-0.15, -0.1) is 0 Å². The zero-order valence-corrected chi connectivity index (χ0v) is 15.8. The average Bonchev–Trinajstić information content (AvgIpc) is 2.69. The zero-order valence-electron chi connectivity index (χ0n) is 15.0. The third-order valence-corrected chi connectivity index (χ3v) is 6.51. The van der Waals surface area contributed by atoms with Gasteiger partial charge in [-0.05, 0) is 24.1 Å². The second-order valence-corrected chi connectivity index (χ2v) is 8.54. The van der Waals surface area contributed by atoms with Crippen LogP contribution in [0.25, 0.3) is 0 Å². The fourth-order valence-electron chi connectivity index (χ4n) is 3.06. The van der Waals surface area contributed by atoms with E-state index in [1.165, 1.54) is 0 Å². The molecule has 0 aliphatic carbocycles. The maximum atomic E-state index is 12.5. The van der Waals surface area contributed by atoms with Crippen LogP contribution >= 0.6 is 0 Å². The summed E-state index contributed by atoms with van der Waals surface area (Å²) in [4.78, 5) is 2.26. The van der Waals surface area contributed by atoms with Crippen LogP contribution in [-0.4, -0.2) is 62.7 Å². The molecule has 1 fully saturated rings. The van der Waals surface area contributed by atoms with Crippen LogP contribution in [0.4, 0.5) is 0 Å². The first kappa shape index (κ1) is 18.9. The molecule has 6 heteroatoms. The van der Waals surface area contributed by atoms with E-state index in [4.69, 9.17) is 4.74 Å². The van der Waals surface area contributed by atoms with Gasteiger partial charge in [0, 0.05) is 32.7 Å². The van der Waals surface area contributed by atoms with E-state index < -0.39 is 10.0 Å². The molecule has 0 aromatic heterocycles.